The Kier molecular flexibility index (Phi) is 3.81. The van der Waals surface area contributed by atoms with E-state index in [0.29, 0.717) is 16.4 Å². The standard InChI is InChI=1S/C14H14ClN3O/c1-9-7-12(16-17-13(9)15)10-5-4-6-11(8-10)14(19)18(2)3/h4-8H,1-3H3. The van der Waals surface area contributed by atoms with Crippen molar-refractivity contribution in [3.8, 4) is 11.3 Å². The summed E-state index contributed by atoms with van der Waals surface area (Å²) in [5.74, 6) is -0.0412. The lowest BCUT2D eigenvalue weighted by atomic mass is 10.1. The van der Waals surface area contributed by atoms with Gasteiger partial charge in [0.25, 0.3) is 5.91 Å². The summed E-state index contributed by atoms with van der Waals surface area (Å²) in [5, 5.41) is 8.33. The summed E-state index contributed by atoms with van der Waals surface area (Å²) in [5.41, 5.74) is 3.03. The molecular weight excluding hydrogens is 262 g/mol. The largest absolute Gasteiger partial charge is 0.345 e. The maximum atomic E-state index is 11.9. The van der Waals surface area contributed by atoms with Crippen molar-refractivity contribution >= 4 is 17.5 Å². The Hall–Kier alpha value is -1.94. The molecule has 1 aromatic carbocycles. The van der Waals surface area contributed by atoms with E-state index in [4.69, 9.17) is 11.6 Å². The van der Waals surface area contributed by atoms with Crippen LogP contribution in [-0.2, 0) is 0 Å². The van der Waals surface area contributed by atoms with Gasteiger partial charge in [-0.05, 0) is 30.7 Å². The van der Waals surface area contributed by atoms with Gasteiger partial charge in [-0.15, -0.1) is 10.2 Å². The summed E-state index contributed by atoms with van der Waals surface area (Å²) in [7, 11) is 3.45. The normalized spacial score (nSPS) is 10.3. The van der Waals surface area contributed by atoms with E-state index in [2.05, 4.69) is 10.2 Å². The minimum atomic E-state index is -0.0412. The smallest absolute Gasteiger partial charge is 0.253 e. The van der Waals surface area contributed by atoms with Crippen molar-refractivity contribution in [3.63, 3.8) is 0 Å². The number of amides is 1. The first-order valence-electron chi connectivity index (χ1n) is 5.81. The van der Waals surface area contributed by atoms with Crippen LogP contribution in [0.1, 0.15) is 15.9 Å². The van der Waals surface area contributed by atoms with Gasteiger partial charge in [-0.1, -0.05) is 23.7 Å². The number of hydrogen-bond acceptors (Lipinski definition) is 3. The second-order valence-electron chi connectivity index (χ2n) is 4.48. The molecule has 0 aliphatic rings. The van der Waals surface area contributed by atoms with Crippen molar-refractivity contribution in [2.24, 2.45) is 0 Å². The van der Waals surface area contributed by atoms with Gasteiger partial charge in [-0.3, -0.25) is 4.79 Å². The molecule has 1 amide bonds. The molecule has 98 valence electrons. The topological polar surface area (TPSA) is 46.1 Å². The summed E-state index contributed by atoms with van der Waals surface area (Å²) in [4.78, 5) is 13.5. The van der Waals surface area contributed by atoms with Crippen LogP contribution in [0.5, 0.6) is 0 Å². The fraction of sp³-hybridized carbons (Fsp3) is 0.214. The van der Waals surface area contributed by atoms with Crippen molar-refractivity contribution in [1.29, 1.82) is 0 Å². The van der Waals surface area contributed by atoms with Crippen LogP contribution in [0.4, 0.5) is 0 Å². The lowest BCUT2D eigenvalue weighted by Gasteiger charge is -2.11. The molecule has 0 spiro atoms. The molecule has 0 unspecified atom stereocenters. The molecule has 0 saturated carbocycles. The van der Waals surface area contributed by atoms with Crippen LogP contribution in [0.3, 0.4) is 0 Å². The summed E-state index contributed by atoms with van der Waals surface area (Å²) < 4.78 is 0. The van der Waals surface area contributed by atoms with E-state index < -0.39 is 0 Å². The Balaban J connectivity index is 2.43. The number of nitrogens with zero attached hydrogens (tertiary/aromatic N) is 3. The Labute approximate surface area is 117 Å². The van der Waals surface area contributed by atoms with Crippen LogP contribution in [-0.4, -0.2) is 35.1 Å². The molecule has 0 aliphatic carbocycles. The molecule has 0 radical (unpaired) electrons. The lowest BCUT2D eigenvalue weighted by Crippen LogP contribution is -2.21. The fourth-order valence-corrected chi connectivity index (χ4v) is 1.77. The third-order valence-corrected chi connectivity index (χ3v) is 3.11. The number of benzene rings is 1. The Morgan fingerprint density at radius 1 is 1.21 bits per heavy atom. The Morgan fingerprint density at radius 3 is 2.58 bits per heavy atom. The molecule has 0 aliphatic heterocycles. The van der Waals surface area contributed by atoms with Gasteiger partial charge >= 0.3 is 0 Å². The third-order valence-electron chi connectivity index (χ3n) is 2.74. The highest BCUT2D eigenvalue weighted by molar-refractivity contribution is 6.30. The summed E-state index contributed by atoms with van der Waals surface area (Å²) in [6.07, 6.45) is 0. The average Bonchev–Trinajstić information content (AvgIpc) is 2.41. The molecule has 5 heteroatoms. The molecule has 1 aromatic heterocycles. The second kappa shape index (κ2) is 5.36. The fourth-order valence-electron chi connectivity index (χ4n) is 1.68. The number of carbonyl (C=O) groups excluding carboxylic acids is 1. The van der Waals surface area contributed by atoms with E-state index in [1.807, 2.05) is 25.1 Å². The van der Waals surface area contributed by atoms with E-state index in [1.165, 1.54) is 4.90 Å². The molecule has 4 nitrogen and oxygen atoms in total. The van der Waals surface area contributed by atoms with Gasteiger partial charge < -0.3 is 4.90 Å². The predicted molar refractivity (Wildman–Crippen MR) is 75.2 cm³/mol. The Bertz CT molecular complexity index is 626. The molecule has 2 rings (SSSR count). The van der Waals surface area contributed by atoms with Gasteiger partial charge in [0, 0.05) is 25.2 Å². The molecular formula is C14H14ClN3O. The zero-order valence-electron chi connectivity index (χ0n) is 11.0. The predicted octanol–water partition coefficient (Wildman–Crippen LogP) is 2.81. The second-order valence-corrected chi connectivity index (χ2v) is 4.84. The van der Waals surface area contributed by atoms with Crippen LogP contribution in [0.2, 0.25) is 5.15 Å². The van der Waals surface area contributed by atoms with Crippen molar-refractivity contribution in [2.75, 3.05) is 14.1 Å². The van der Waals surface area contributed by atoms with Crippen molar-refractivity contribution in [1.82, 2.24) is 15.1 Å². The van der Waals surface area contributed by atoms with Crippen molar-refractivity contribution < 1.29 is 4.79 Å². The number of aryl methyl sites for hydroxylation is 1. The van der Waals surface area contributed by atoms with Crippen LogP contribution >= 0.6 is 11.6 Å². The van der Waals surface area contributed by atoms with Crippen LogP contribution < -0.4 is 0 Å². The number of halogens is 1. The molecule has 0 saturated heterocycles. The molecule has 1 heterocycles. The zero-order valence-corrected chi connectivity index (χ0v) is 11.8. The van der Waals surface area contributed by atoms with E-state index in [9.17, 15) is 4.79 Å². The van der Waals surface area contributed by atoms with Gasteiger partial charge in [0.1, 0.15) is 0 Å². The first kappa shape index (κ1) is 13.5. The molecule has 0 bridgehead atoms. The van der Waals surface area contributed by atoms with E-state index in [0.717, 1.165) is 11.1 Å². The van der Waals surface area contributed by atoms with Gasteiger partial charge in [0.15, 0.2) is 5.15 Å². The SMILES string of the molecule is Cc1cc(-c2cccc(C(=O)N(C)C)c2)nnc1Cl. The van der Waals surface area contributed by atoms with Crippen LogP contribution in [0.25, 0.3) is 11.3 Å². The average molecular weight is 276 g/mol. The number of hydrogen-bond donors (Lipinski definition) is 0. The van der Waals surface area contributed by atoms with Gasteiger partial charge in [0.2, 0.25) is 0 Å². The molecule has 0 N–H and O–H groups in total. The van der Waals surface area contributed by atoms with Gasteiger partial charge in [0.05, 0.1) is 5.69 Å². The monoisotopic (exact) mass is 275 g/mol. The highest BCUT2D eigenvalue weighted by Crippen LogP contribution is 2.21. The van der Waals surface area contributed by atoms with Crippen LogP contribution in [0.15, 0.2) is 30.3 Å². The van der Waals surface area contributed by atoms with Crippen LogP contribution in [0, 0.1) is 6.92 Å². The summed E-state index contributed by atoms with van der Waals surface area (Å²) in [6, 6.07) is 9.16. The summed E-state index contributed by atoms with van der Waals surface area (Å²) in [6.45, 7) is 1.87. The van der Waals surface area contributed by atoms with Crippen molar-refractivity contribution in [2.45, 2.75) is 6.92 Å². The first-order valence-corrected chi connectivity index (χ1v) is 6.19. The first-order chi connectivity index (χ1) is 8.99. The minimum absolute atomic E-state index is 0.0412. The molecule has 0 fully saturated rings. The Morgan fingerprint density at radius 2 is 1.95 bits per heavy atom. The molecule has 0 atom stereocenters. The maximum Gasteiger partial charge on any atom is 0.253 e. The highest BCUT2D eigenvalue weighted by atomic mass is 35.5. The number of carbonyl (C=O) groups is 1. The maximum absolute atomic E-state index is 11.9. The minimum Gasteiger partial charge on any atom is -0.345 e. The van der Waals surface area contributed by atoms with E-state index in [-0.39, 0.29) is 5.91 Å². The van der Waals surface area contributed by atoms with E-state index in [1.54, 1.807) is 26.2 Å². The molecule has 19 heavy (non-hydrogen) atoms. The third kappa shape index (κ3) is 2.90. The highest BCUT2D eigenvalue weighted by Gasteiger charge is 2.10. The summed E-state index contributed by atoms with van der Waals surface area (Å²) >= 11 is 5.86. The number of rotatable bonds is 2. The zero-order chi connectivity index (χ0) is 14.0. The quantitative estimate of drug-likeness (QED) is 0.847. The van der Waals surface area contributed by atoms with Crippen molar-refractivity contribution in [3.05, 3.63) is 46.6 Å². The number of aromatic nitrogens is 2. The van der Waals surface area contributed by atoms with Gasteiger partial charge in [-0.25, -0.2) is 0 Å². The molecule has 2 aromatic rings. The van der Waals surface area contributed by atoms with Gasteiger partial charge in [-0.2, -0.15) is 0 Å². The van der Waals surface area contributed by atoms with E-state index >= 15 is 0 Å². The lowest BCUT2D eigenvalue weighted by molar-refractivity contribution is 0.0827.